The average molecular weight is 187 g/mol. The van der Waals surface area contributed by atoms with Crippen LogP contribution in [0.15, 0.2) is 11.5 Å². The van der Waals surface area contributed by atoms with Gasteiger partial charge in [-0.25, -0.2) is 0 Å². The SMILES string of the molecule is Cl.Cl.O=C1CC=CSC1. The number of halogens is 2. The van der Waals surface area contributed by atoms with Crippen molar-refractivity contribution in [3.05, 3.63) is 11.5 Å². The standard InChI is InChI=1S/C5H6OS.2ClH/c6-5-2-1-3-7-4-5;;/h1,3H,2,4H2;2*1H. The summed E-state index contributed by atoms with van der Waals surface area (Å²) in [5.74, 6) is 1.02. The van der Waals surface area contributed by atoms with Gasteiger partial charge in [-0.2, -0.15) is 0 Å². The molecular weight excluding hydrogens is 179 g/mol. The van der Waals surface area contributed by atoms with Gasteiger partial charge in [0.05, 0.1) is 5.75 Å². The van der Waals surface area contributed by atoms with Gasteiger partial charge in [0.1, 0.15) is 5.78 Å². The second-order valence-electron chi connectivity index (χ2n) is 1.43. The van der Waals surface area contributed by atoms with Gasteiger partial charge in [0.15, 0.2) is 0 Å². The number of thioether (sulfide) groups is 1. The number of Topliss-reactive ketones (excluding diaryl/α,β-unsaturated/α-hetero) is 1. The van der Waals surface area contributed by atoms with Crippen molar-refractivity contribution in [2.24, 2.45) is 0 Å². The Kier molecular flexibility index (Phi) is 8.66. The van der Waals surface area contributed by atoms with Crippen molar-refractivity contribution in [3.63, 3.8) is 0 Å². The summed E-state index contributed by atoms with van der Waals surface area (Å²) in [5, 5.41) is 1.97. The molecule has 0 radical (unpaired) electrons. The first-order valence-electron chi connectivity index (χ1n) is 2.18. The predicted molar refractivity (Wildman–Crippen MR) is 45.7 cm³/mol. The molecule has 0 bridgehead atoms. The van der Waals surface area contributed by atoms with Crippen molar-refractivity contribution in [1.82, 2.24) is 0 Å². The molecule has 0 aromatic carbocycles. The highest BCUT2D eigenvalue weighted by atomic mass is 35.5. The summed E-state index contributed by atoms with van der Waals surface area (Å²) in [7, 11) is 0. The summed E-state index contributed by atoms with van der Waals surface area (Å²) in [5.41, 5.74) is 0. The van der Waals surface area contributed by atoms with Crippen molar-refractivity contribution in [3.8, 4) is 0 Å². The number of rotatable bonds is 0. The minimum absolute atomic E-state index is 0. The number of carbonyl (C=O) groups excluding carboxylic acids is 1. The van der Waals surface area contributed by atoms with E-state index in [1.807, 2.05) is 11.5 Å². The maximum Gasteiger partial charge on any atom is 0.146 e. The molecule has 0 spiro atoms. The molecule has 0 amide bonds. The van der Waals surface area contributed by atoms with Gasteiger partial charge in [0.25, 0.3) is 0 Å². The molecule has 0 N–H and O–H groups in total. The van der Waals surface area contributed by atoms with E-state index in [0.717, 1.165) is 0 Å². The van der Waals surface area contributed by atoms with E-state index in [-0.39, 0.29) is 24.8 Å². The van der Waals surface area contributed by atoms with Crippen LogP contribution in [0.5, 0.6) is 0 Å². The highest BCUT2D eigenvalue weighted by Gasteiger charge is 2.00. The third kappa shape index (κ3) is 4.82. The number of hydrogen-bond donors (Lipinski definition) is 0. The van der Waals surface area contributed by atoms with Gasteiger partial charge < -0.3 is 0 Å². The van der Waals surface area contributed by atoms with Crippen LogP contribution in [0.2, 0.25) is 0 Å². The molecule has 1 aliphatic rings. The molecule has 9 heavy (non-hydrogen) atoms. The van der Waals surface area contributed by atoms with Crippen LogP contribution in [0.4, 0.5) is 0 Å². The Balaban J connectivity index is 0. The van der Waals surface area contributed by atoms with Gasteiger partial charge in [-0.1, -0.05) is 6.08 Å². The van der Waals surface area contributed by atoms with Crippen LogP contribution in [0.1, 0.15) is 6.42 Å². The van der Waals surface area contributed by atoms with Crippen molar-refractivity contribution in [2.75, 3.05) is 5.75 Å². The predicted octanol–water partition coefficient (Wildman–Crippen LogP) is 2.05. The molecule has 0 unspecified atom stereocenters. The van der Waals surface area contributed by atoms with E-state index in [2.05, 4.69) is 0 Å². The van der Waals surface area contributed by atoms with Crippen molar-refractivity contribution in [1.29, 1.82) is 0 Å². The topological polar surface area (TPSA) is 17.1 Å². The van der Waals surface area contributed by atoms with Crippen LogP contribution in [-0.4, -0.2) is 11.5 Å². The van der Waals surface area contributed by atoms with Gasteiger partial charge >= 0.3 is 0 Å². The first-order valence-corrected chi connectivity index (χ1v) is 3.23. The van der Waals surface area contributed by atoms with E-state index < -0.39 is 0 Å². The minimum Gasteiger partial charge on any atom is -0.298 e. The van der Waals surface area contributed by atoms with Gasteiger partial charge in [-0.3, -0.25) is 4.79 Å². The maximum absolute atomic E-state index is 10.4. The Hall–Kier alpha value is 0.340. The fourth-order valence-corrected chi connectivity index (χ4v) is 1.08. The second-order valence-corrected chi connectivity index (χ2v) is 2.32. The number of carbonyl (C=O) groups is 1. The molecule has 0 aromatic rings. The number of allylic oxidation sites excluding steroid dienone is 1. The second kappa shape index (κ2) is 6.46. The molecule has 4 heteroatoms. The lowest BCUT2D eigenvalue weighted by atomic mass is 10.3. The average Bonchev–Trinajstić information content (AvgIpc) is 1.69. The van der Waals surface area contributed by atoms with Crippen LogP contribution < -0.4 is 0 Å². The molecule has 1 rings (SSSR count). The minimum atomic E-state index is 0. The smallest absolute Gasteiger partial charge is 0.146 e. The van der Waals surface area contributed by atoms with Crippen molar-refractivity contribution >= 4 is 42.4 Å². The number of hydrogen-bond acceptors (Lipinski definition) is 2. The molecular formula is C5H8Cl2OS. The summed E-state index contributed by atoms with van der Waals surface area (Å²) >= 11 is 1.57. The summed E-state index contributed by atoms with van der Waals surface area (Å²) in [4.78, 5) is 10.4. The Morgan fingerprint density at radius 2 is 2.11 bits per heavy atom. The third-order valence-electron chi connectivity index (χ3n) is 0.782. The van der Waals surface area contributed by atoms with E-state index in [9.17, 15) is 4.79 Å². The van der Waals surface area contributed by atoms with E-state index in [1.54, 1.807) is 11.8 Å². The first kappa shape index (κ1) is 12.1. The molecule has 0 aliphatic carbocycles. The Labute approximate surface area is 71.1 Å². The fourth-order valence-electron chi connectivity index (χ4n) is 0.448. The Morgan fingerprint density at radius 3 is 2.33 bits per heavy atom. The van der Waals surface area contributed by atoms with Gasteiger partial charge in [-0.15, -0.1) is 36.6 Å². The van der Waals surface area contributed by atoms with Crippen LogP contribution in [0, 0.1) is 0 Å². The quantitative estimate of drug-likeness (QED) is 0.577. The van der Waals surface area contributed by atoms with Gasteiger partial charge in [-0.05, 0) is 5.41 Å². The van der Waals surface area contributed by atoms with Crippen LogP contribution >= 0.6 is 36.6 Å². The van der Waals surface area contributed by atoms with E-state index in [1.165, 1.54) is 0 Å². The fraction of sp³-hybridized carbons (Fsp3) is 0.400. The lowest BCUT2D eigenvalue weighted by Crippen LogP contribution is -2.00. The highest BCUT2D eigenvalue weighted by molar-refractivity contribution is 8.02. The monoisotopic (exact) mass is 186 g/mol. The van der Waals surface area contributed by atoms with E-state index in [4.69, 9.17) is 0 Å². The largest absolute Gasteiger partial charge is 0.298 e. The molecule has 54 valence electrons. The van der Waals surface area contributed by atoms with E-state index in [0.29, 0.717) is 18.0 Å². The molecule has 0 saturated carbocycles. The lowest BCUT2D eigenvalue weighted by Gasteiger charge is -1.97. The molecule has 0 fully saturated rings. The summed E-state index contributed by atoms with van der Waals surface area (Å²) < 4.78 is 0. The molecule has 1 heterocycles. The third-order valence-corrected chi connectivity index (χ3v) is 1.66. The molecule has 0 aromatic heterocycles. The van der Waals surface area contributed by atoms with Crippen LogP contribution in [0.3, 0.4) is 0 Å². The molecule has 1 aliphatic heterocycles. The first-order chi connectivity index (χ1) is 3.39. The van der Waals surface area contributed by atoms with Gasteiger partial charge in [0, 0.05) is 6.42 Å². The Bertz CT molecular complexity index is 114. The summed E-state index contributed by atoms with van der Waals surface area (Å²) in [6, 6.07) is 0. The zero-order chi connectivity index (χ0) is 5.11. The highest BCUT2D eigenvalue weighted by Crippen LogP contribution is 2.09. The van der Waals surface area contributed by atoms with Gasteiger partial charge in [0.2, 0.25) is 0 Å². The van der Waals surface area contributed by atoms with Crippen LogP contribution in [0.25, 0.3) is 0 Å². The molecule has 1 nitrogen and oxygen atoms in total. The van der Waals surface area contributed by atoms with Crippen LogP contribution in [-0.2, 0) is 4.79 Å². The zero-order valence-corrected chi connectivity index (χ0v) is 7.15. The summed E-state index contributed by atoms with van der Waals surface area (Å²) in [6.45, 7) is 0. The van der Waals surface area contributed by atoms with Crippen molar-refractivity contribution in [2.45, 2.75) is 6.42 Å². The maximum atomic E-state index is 10.4. The normalized spacial score (nSPS) is 15.8. The molecule has 0 saturated heterocycles. The lowest BCUT2D eigenvalue weighted by molar-refractivity contribution is -0.115. The molecule has 0 atom stereocenters. The van der Waals surface area contributed by atoms with Crippen molar-refractivity contribution < 1.29 is 4.79 Å². The Morgan fingerprint density at radius 1 is 1.44 bits per heavy atom. The zero-order valence-electron chi connectivity index (χ0n) is 4.70. The van der Waals surface area contributed by atoms with E-state index >= 15 is 0 Å². The summed E-state index contributed by atoms with van der Waals surface area (Å²) in [6.07, 6.45) is 2.55. The number of ketones is 1.